The summed E-state index contributed by atoms with van der Waals surface area (Å²) in [5, 5.41) is 0. The van der Waals surface area contributed by atoms with Gasteiger partial charge >= 0.3 is 5.97 Å². The first-order chi connectivity index (χ1) is 8.07. The van der Waals surface area contributed by atoms with E-state index < -0.39 is 0 Å². The Morgan fingerprint density at radius 3 is 2.47 bits per heavy atom. The third-order valence-corrected chi connectivity index (χ3v) is 4.40. The molecule has 0 radical (unpaired) electrons. The molecule has 2 aliphatic carbocycles. The van der Waals surface area contributed by atoms with Crippen LogP contribution in [0.15, 0.2) is 12.2 Å². The second-order valence-corrected chi connectivity index (χ2v) is 6.05. The largest absolute Gasteiger partial charge is 0.462 e. The SMILES string of the molecule is C/C=C\C1C(C(=O)OC2CCCCC2)C1(C)C. The Kier molecular flexibility index (Phi) is 3.60. The molecule has 2 rings (SSSR count). The molecular formula is C15H24O2. The standard InChI is InChI=1S/C15H24O2/c1-4-8-12-13(15(12,2)3)14(16)17-11-9-6-5-7-10-11/h4,8,11-13H,5-7,9-10H2,1-3H3/b8-4-. The Morgan fingerprint density at radius 1 is 1.24 bits per heavy atom. The third kappa shape index (κ3) is 2.56. The molecule has 0 amide bonds. The molecule has 0 bridgehead atoms. The monoisotopic (exact) mass is 236 g/mol. The van der Waals surface area contributed by atoms with Crippen molar-refractivity contribution in [1.82, 2.24) is 0 Å². The number of esters is 1. The highest BCUT2D eigenvalue weighted by Gasteiger charge is 2.61. The smallest absolute Gasteiger partial charge is 0.310 e. The summed E-state index contributed by atoms with van der Waals surface area (Å²) >= 11 is 0. The topological polar surface area (TPSA) is 26.3 Å². The Bertz CT molecular complexity index is 311. The van der Waals surface area contributed by atoms with Gasteiger partial charge in [-0.1, -0.05) is 32.4 Å². The summed E-state index contributed by atoms with van der Waals surface area (Å²) in [5.41, 5.74) is 0.0955. The van der Waals surface area contributed by atoms with E-state index >= 15 is 0 Å². The molecule has 96 valence electrons. The molecule has 0 saturated heterocycles. The van der Waals surface area contributed by atoms with Crippen molar-refractivity contribution in [2.45, 2.75) is 59.0 Å². The van der Waals surface area contributed by atoms with E-state index in [1.807, 2.05) is 13.0 Å². The molecule has 2 saturated carbocycles. The lowest BCUT2D eigenvalue weighted by molar-refractivity contribution is -0.153. The summed E-state index contributed by atoms with van der Waals surface area (Å²) in [6.07, 6.45) is 10.2. The molecule has 0 aromatic rings. The van der Waals surface area contributed by atoms with Gasteiger partial charge in [0.05, 0.1) is 5.92 Å². The van der Waals surface area contributed by atoms with Crippen molar-refractivity contribution in [1.29, 1.82) is 0 Å². The van der Waals surface area contributed by atoms with Crippen molar-refractivity contribution >= 4 is 5.97 Å². The van der Waals surface area contributed by atoms with Gasteiger partial charge in [-0.3, -0.25) is 4.79 Å². The van der Waals surface area contributed by atoms with Gasteiger partial charge in [-0.2, -0.15) is 0 Å². The predicted molar refractivity (Wildman–Crippen MR) is 68.5 cm³/mol. The van der Waals surface area contributed by atoms with Crippen LogP contribution in [0.3, 0.4) is 0 Å². The van der Waals surface area contributed by atoms with Gasteiger partial charge in [0.25, 0.3) is 0 Å². The number of carbonyl (C=O) groups is 1. The molecule has 0 N–H and O–H groups in total. The lowest BCUT2D eigenvalue weighted by atomic mass is 9.98. The summed E-state index contributed by atoms with van der Waals surface area (Å²) in [6, 6.07) is 0. The first kappa shape index (κ1) is 12.7. The highest BCUT2D eigenvalue weighted by molar-refractivity contribution is 5.78. The lowest BCUT2D eigenvalue weighted by Crippen LogP contribution is -2.23. The molecule has 0 aromatic heterocycles. The summed E-state index contributed by atoms with van der Waals surface area (Å²) in [4.78, 5) is 12.1. The Labute approximate surface area is 104 Å². The minimum atomic E-state index is 0.0324. The molecule has 2 heteroatoms. The van der Waals surface area contributed by atoms with E-state index in [0.717, 1.165) is 12.8 Å². The van der Waals surface area contributed by atoms with Crippen LogP contribution < -0.4 is 0 Å². The molecule has 2 fully saturated rings. The molecule has 17 heavy (non-hydrogen) atoms. The van der Waals surface area contributed by atoms with E-state index in [2.05, 4.69) is 19.9 Å². The van der Waals surface area contributed by atoms with Crippen molar-refractivity contribution in [3.63, 3.8) is 0 Å². The fourth-order valence-corrected chi connectivity index (χ4v) is 3.11. The molecule has 0 aliphatic heterocycles. The number of rotatable bonds is 3. The quantitative estimate of drug-likeness (QED) is 0.551. The lowest BCUT2D eigenvalue weighted by Gasteiger charge is -2.22. The average molecular weight is 236 g/mol. The van der Waals surface area contributed by atoms with E-state index in [1.54, 1.807) is 0 Å². The Hall–Kier alpha value is -0.790. The van der Waals surface area contributed by atoms with Crippen LogP contribution in [0.2, 0.25) is 0 Å². The normalized spacial score (nSPS) is 32.6. The molecule has 2 atom stereocenters. The first-order valence-corrected chi connectivity index (χ1v) is 6.90. The van der Waals surface area contributed by atoms with Crippen LogP contribution in [0.5, 0.6) is 0 Å². The third-order valence-electron chi connectivity index (χ3n) is 4.40. The van der Waals surface area contributed by atoms with Gasteiger partial charge in [0, 0.05) is 0 Å². The molecular weight excluding hydrogens is 212 g/mol. The first-order valence-electron chi connectivity index (χ1n) is 6.90. The van der Waals surface area contributed by atoms with Crippen LogP contribution >= 0.6 is 0 Å². The van der Waals surface area contributed by atoms with Gasteiger partial charge in [0.2, 0.25) is 0 Å². The zero-order valence-electron chi connectivity index (χ0n) is 11.2. The number of ether oxygens (including phenoxy) is 1. The van der Waals surface area contributed by atoms with Crippen molar-refractivity contribution in [2.75, 3.05) is 0 Å². The van der Waals surface area contributed by atoms with Crippen molar-refractivity contribution < 1.29 is 9.53 Å². The van der Waals surface area contributed by atoms with Gasteiger partial charge in [-0.15, -0.1) is 0 Å². The average Bonchev–Trinajstić information content (AvgIpc) is 2.82. The Morgan fingerprint density at radius 2 is 1.88 bits per heavy atom. The molecule has 2 nitrogen and oxygen atoms in total. The minimum Gasteiger partial charge on any atom is -0.462 e. The van der Waals surface area contributed by atoms with Crippen LogP contribution in [0.4, 0.5) is 0 Å². The molecule has 2 unspecified atom stereocenters. The van der Waals surface area contributed by atoms with E-state index in [-0.39, 0.29) is 23.4 Å². The van der Waals surface area contributed by atoms with Gasteiger partial charge in [-0.05, 0) is 43.9 Å². The van der Waals surface area contributed by atoms with Crippen molar-refractivity contribution in [2.24, 2.45) is 17.3 Å². The van der Waals surface area contributed by atoms with Crippen molar-refractivity contribution in [3.05, 3.63) is 12.2 Å². The zero-order valence-corrected chi connectivity index (χ0v) is 11.2. The van der Waals surface area contributed by atoms with Gasteiger partial charge in [0.15, 0.2) is 0 Å². The highest BCUT2D eigenvalue weighted by Crippen LogP contribution is 2.59. The van der Waals surface area contributed by atoms with E-state index in [9.17, 15) is 4.79 Å². The van der Waals surface area contributed by atoms with Gasteiger partial charge in [-0.25, -0.2) is 0 Å². The Balaban J connectivity index is 1.88. The molecule has 0 heterocycles. The summed E-state index contributed by atoms with van der Waals surface area (Å²) in [5.74, 6) is 0.495. The summed E-state index contributed by atoms with van der Waals surface area (Å²) < 4.78 is 5.65. The number of hydrogen-bond donors (Lipinski definition) is 0. The van der Waals surface area contributed by atoms with Gasteiger partial charge < -0.3 is 4.74 Å². The number of hydrogen-bond acceptors (Lipinski definition) is 2. The van der Waals surface area contributed by atoms with Crippen LogP contribution in [0, 0.1) is 17.3 Å². The maximum absolute atomic E-state index is 12.1. The maximum atomic E-state index is 12.1. The summed E-state index contributed by atoms with van der Waals surface area (Å²) in [6.45, 7) is 6.33. The van der Waals surface area contributed by atoms with Crippen LogP contribution in [0.1, 0.15) is 52.9 Å². The van der Waals surface area contributed by atoms with Gasteiger partial charge in [0.1, 0.15) is 6.10 Å². The number of allylic oxidation sites excluding steroid dienone is 2. The second-order valence-electron chi connectivity index (χ2n) is 6.05. The fourth-order valence-electron chi connectivity index (χ4n) is 3.11. The molecule has 0 spiro atoms. The van der Waals surface area contributed by atoms with Crippen LogP contribution in [-0.4, -0.2) is 12.1 Å². The van der Waals surface area contributed by atoms with E-state index in [4.69, 9.17) is 4.74 Å². The number of carbonyl (C=O) groups excluding carboxylic acids is 1. The summed E-state index contributed by atoms with van der Waals surface area (Å²) in [7, 11) is 0. The maximum Gasteiger partial charge on any atom is 0.310 e. The predicted octanol–water partition coefficient (Wildman–Crippen LogP) is 3.71. The fraction of sp³-hybridized carbons (Fsp3) is 0.800. The second kappa shape index (κ2) is 4.83. The van der Waals surface area contributed by atoms with Crippen LogP contribution in [0.25, 0.3) is 0 Å². The van der Waals surface area contributed by atoms with E-state index in [0.29, 0.717) is 5.92 Å². The zero-order chi connectivity index (χ0) is 12.5. The van der Waals surface area contributed by atoms with Crippen molar-refractivity contribution in [3.8, 4) is 0 Å². The highest BCUT2D eigenvalue weighted by atomic mass is 16.5. The molecule has 2 aliphatic rings. The minimum absolute atomic E-state index is 0.0324. The van der Waals surface area contributed by atoms with E-state index in [1.165, 1.54) is 19.3 Å². The van der Waals surface area contributed by atoms with Crippen LogP contribution in [-0.2, 0) is 9.53 Å². The molecule has 0 aromatic carbocycles.